The van der Waals surface area contributed by atoms with E-state index in [0.717, 1.165) is 16.2 Å². The number of hydrogen-bond donors (Lipinski definition) is 0. The van der Waals surface area contributed by atoms with Crippen LogP contribution in [-0.2, 0) is 9.53 Å². The number of pyridine rings is 1. The van der Waals surface area contributed by atoms with Crippen LogP contribution in [0.15, 0.2) is 76.4 Å². The van der Waals surface area contributed by atoms with E-state index in [0.29, 0.717) is 17.2 Å². The third kappa shape index (κ3) is 4.38. The maximum absolute atomic E-state index is 12.1. The number of rotatable bonds is 5. The Bertz CT molecular complexity index is 1170. The molecular formula is C21H15BrN4O5. The molecule has 0 bridgehead atoms. The van der Waals surface area contributed by atoms with Crippen molar-refractivity contribution in [2.75, 3.05) is 0 Å². The maximum atomic E-state index is 12.1. The number of nitro groups is 1. The zero-order valence-corrected chi connectivity index (χ0v) is 17.7. The van der Waals surface area contributed by atoms with E-state index in [1.807, 2.05) is 24.3 Å². The Morgan fingerprint density at radius 2 is 1.90 bits per heavy atom. The van der Waals surface area contributed by atoms with Gasteiger partial charge in [-0.2, -0.15) is 5.01 Å². The molecule has 31 heavy (non-hydrogen) atoms. The number of halogens is 1. The average Bonchev–Trinajstić information content (AvgIpc) is 3.20. The molecule has 9 nitrogen and oxygen atoms in total. The topological polar surface area (TPSA) is 107 Å². The minimum absolute atomic E-state index is 0.117. The molecule has 4 rings (SSSR count). The van der Waals surface area contributed by atoms with Crippen molar-refractivity contribution >= 4 is 33.4 Å². The van der Waals surface area contributed by atoms with Crippen LogP contribution in [0, 0.1) is 10.1 Å². The van der Waals surface area contributed by atoms with E-state index in [4.69, 9.17) is 9.47 Å². The Morgan fingerprint density at radius 3 is 2.52 bits per heavy atom. The van der Waals surface area contributed by atoms with Crippen LogP contribution in [0.25, 0.3) is 0 Å². The fourth-order valence-corrected chi connectivity index (χ4v) is 3.37. The highest BCUT2D eigenvalue weighted by Gasteiger charge is 2.34. The van der Waals surface area contributed by atoms with Gasteiger partial charge in [0.25, 0.3) is 5.69 Å². The summed E-state index contributed by atoms with van der Waals surface area (Å²) in [5.74, 6) is 0.759. The van der Waals surface area contributed by atoms with E-state index in [9.17, 15) is 14.9 Å². The monoisotopic (exact) mass is 482 g/mol. The highest BCUT2D eigenvalue weighted by molar-refractivity contribution is 9.10. The minimum Gasteiger partial charge on any atom is -0.446 e. The molecule has 2 aromatic carbocycles. The van der Waals surface area contributed by atoms with Gasteiger partial charge in [-0.3, -0.25) is 14.9 Å². The number of carbonyl (C=O) groups excluding carboxylic acids is 1. The molecule has 0 saturated heterocycles. The molecular weight excluding hydrogens is 468 g/mol. The fraction of sp³-hybridized carbons (Fsp3) is 0.0952. The fourth-order valence-electron chi connectivity index (χ4n) is 2.89. The standard InChI is InChI=1S/C21H15BrN4O5/c1-13(27)25-21(17-4-2-3-5-18(17)22)31-20(24-25)14-6-9-16(10-7-14)30-19-11-8-15(12-23-19)26(28)29/h2-12,21H,1H3/t21-/m1/s1. The summed E-state index contributed by atoms with van der Waals surface area (Å²) in [6.45, 7) is 1.42. The van der Waals surface area contributed by atoms with Crippen molar-refractivity contribution in [2.24, 2.45) is 5.10 Å². The summed E-state index contributed by atoms with van der Waals surface area (Å²) >= 11 is 3.48. The Morgan fingerprint density at radius 1 is 1.16 bits per heavy atom. The van der Waals surface area contributed by atoms with Crippen LogP contribution in [0.4, 0.5) is 5.69 Å². The number of nitrogens with zero attached hydrogens (tertiary/aromatic N) is 4. The van der Waals surface area contributed by atoms with Crippen molar-refractivity contribution in [3.05, 3.63) is 92.6 Å². The average molecular weight is 483 g/mol. The largest absolute Gasteiger partial charge is 0.446 e. The van der Waals surface area contributed by atoms with E-state index in [1.165, 1.54) is 24.1 Å². The van der Waals surface area contributed by atoms with Gasteiger partial charge < -0.3 is 9.47 Å². The van der Waals surface area contributed by atoms with Crippen molar-refractivity contribution in [3.63, 3.8) is 0 Å². The molecule has 0 saturated carbocycles. The first-order valence-corrected chi connectivity index (χ1v) is 9.90. The molecule has 0 aliphatic carbocycles. The third-order valence-corrected chi connectivity index (χ3v) is 5.12. The molecule has 3 aromatic rings. The van der Waals surface area contributed by atoms with Crippen LogP contribution in [-0.4, -0.2) is 26.7 Å². The molecule has 1 aliphatic rings. The van der Waals surface area contributed by atoms with Crippen LogP contribution >= 0.6 is 15.9 Å². The number of carbonyl (C=O) groups is 1. The van der Waals surface area contributed by atoms with Crippen LogP contribution in [0.3, 0.4) is 0 Å². The van der Waals surface area contributed by atoms with Crippen molar-refractivity contribution in [1.82, 2.24) is 9.99 Å². The molecule has 0 spiro atoms. The third-order valence-electron chi connectivity index (χ3n) is 4.39. The highest BCUT2D eigenvalue weighted by Crippen LogP contribution is 2.34. The lowest BCUT2D eigenvalue weighted by molar-refractivity contribution is -0.385. The van der Waals surface area contributed by atoms with E-state index in [-0.39, 0.29) is 17.5 Å². The quantitative estimate of drug-likeness (QED) is 0.382. The van der Waals surface area contributed by atoms with Gasteiger partial charge in [-0.05, 0) is 30.3 Å². The molecule has 1 aliphatic heterocycles. The van der Waals surface area contributed by atoms with Crippen molar-refractivity contribution in [1.29, 1.82) is 0 Å². The summed E-state index contributed by atoms with van der Waals surface area (Å²) < 4.78 is 12.4. The molecule has 1 amide bonds. The lowest BCUT2D eigenvalue weighted by Crippen LogP contribution is -2.25. The first-order valence-electron chi connectivity index (χ1n) is 9.10. The van der Waals surface area contributed by atoms with Gasteiger partial charge in [-0.15, -0.1) is 5.10 Å². The molecule has 0 unspecified atom stereocenters. The second-order valence-electron chi connectivity index (χ2n) is 6.50. The lowest BCUT2D eigenvalue weighted by Gasteiger charge is -2.20. The van der Waals surface area contributed by atoms with Gasteiger partial charge in [-0.1, -0.05) is 34.1 Å². The molecule has 2 heterocycles. The number of benzene rings is 2. The zero-order chi connectivity index (χ0) is 22.0. The predicted molar refractivity (Wildman–Crippen MR) is 114 cm³/mol. The van der Waals surface area contributed by atoms with Gasteiger partial charge >= 0.3 is 0 Å². The number of hydrazone groups is 1. The summed E-state index contributed by atoms with van der Waals surface area (Å²) in [6, 6.07) is 17.0. The molecule has 1 atom stereocenters. The van der Waals surface area contributed by atoms with Crippen LogP contribution in [0.5, 0.6) is 11.6 Å². The number of hydrogen-bond acceptors (Lipinski definition) is 7. The zero-order valence-electron chi connectivity index (χ0n) is 16.1. The van der Waals surface area contributed by atoms with Gasteiger partial charge in [0.05, 0.1) is 4.92 Å². The Kier molecular flexibility index (Phi) is 5.63. The molecule has 10 heteroatoms. The van der Waals surface area contributed by atoms with E-state index in [2.05, 4.69) is 26.0 Å². The molecule has 156 valence electrons. The van der Waals surface area contributed by atoms with Crippen LogP contribution < -0.4 is 4.74 Å². The molecule has 1 aromatic heterocycles. The maximum Gasteiger partial charge on any atom is 0.287 e. The molecule has 0 radical (unpaired) electrons. The Labute approximate surface area is 185 Å². The second-order valence-corrected chi connectivity index (χ2v) is 7.35. The minimum atomic E-state index is -0.677. The van der Waals surface area contributed by atoms with Gasteiger partial charge in [0, 0.05) is 34.7 Å². The van der Waals surface area contributed by atoms with Gasteiger partial charge in [0.1, 0.15) is 11.9 Å². The van der Waals surface area contributed by atoms with Gasteiger partial charge in [-0.25, -0.2) is 4.98 Å². The van der Waals surface area contributed by atoms with E-state index in [1.54, 1.807) is 24.3 Å². The summed E-state index contributed by atoms with van der Waals surface area (Å²) in [5, 5.41) is 16.3. The first kappa shape index (κ1) is 20.5. The smallest absolute Gasteiger partial charge is 0.287 e. The van der Waals surface area contributed by atoms with Gasteiger partial charge in [0.15, 0.2) is 0 Å². The molecule has 0 fully saturated rings. The lowest BCUT2D eigenvalue weighted by atomic mass is 10.2. The summed E-state index contributed by atoms with van der Waals surface area (Å²) in [5.41, 5.74) is 1.32. The van der Waals surface area contributed by atoms with E-state index >= 15 is 0 Å². The first-order chi connectivity index (χ1) is 14.9. The number of aromatic nitrogens is 1. The SMILES string of the molecule is CC(=O)N1N=C(c2ccc(Oc3ccc([N+](=O)[O-])cn3)cc2)O[C@@H]1c1ccccc1Br. The summed E-state index contributed by atoms with van der Waals surface area (Å²) in [6.07, 6.45) is 0.450. The Hall–Kier alpha value is -3.79. The predicted octanol–water partition coefficient (Wildman–Crippen LogP) is 4.78. The molecule has 0 N–H and O–H groups in total. The van der Waals surface area contributed by atoms with Crippen molar-refractivity contribution < 1.29 is 19.2 Å². The summed E-state index contributed by atoms with van der Waals surface area (Å²) in [7, 11) is 0. The number of ether oxygens (including phenoxy) is 2. The second kappa shape index (κ2) is 8.52. The summed E-state index contributed by atoms with van der Waals surface area (Å²) in [4.78, 5) is 26.2. The van der Waals surface area contributed by atoms with E-state index < -0.39 is 11.2 Å². The van der Waals surface area contributed by atoms with Crippen molar-refractivity contribution in [3.8, 4) is 11.6 Å². The Balaban J connectivity index is 1.52. The van der Waals surface area contributed by atoms with Crippen LogP contribution in [0.2, 0.25) is 0 Å². The highest BCUT2D eigenvalue weighted by atomic mass is 79.9. The van der Waals surface area contributed by atoms with Crippen LogP contribution in [0.1, 0.15) is 24.3 Å². The van der Waals surface area contributed by atoms with Gasteiger partial charge in [0.2, 0.25) is 23.9 Å². The number of amides is 1. The normalized spacial score (nSPS) is 15.2. The van der Waals surface area contributed by atoms with Crippen molar-refractivity contribution in [2.45, 2.75) is 13.2 Å².